The summed E-state index contributed by atoms with van der Waals surface area (Å²) in [7, 11) is 0. The van der Waals surface area contributed by atoms with E-state index in [-0.39, 0.29) is 11.5 Å². The molecule has 6 nitrogen and oxygen atoms in total. The number of aryl methyl sites for hydroxylation is 1. The summed E-state index contributed by atoms with van der Waals surface area (Å²) in [5, 5.41) is 2.95. The first-order valence-corrected chi connectivity index (χ1v) is 8.84. The number of rotatable bonds is 5. The van der Waals surface area contributed by atoms with Gasteiger partial charge in [0.2, 0.25) is 0 Å². The second kappa shape index (κ2) is 7.70. The summed E-state index contributed by atoms with van der Waals surface area (Å²) >= 11 is 0. The number of hydrogen-bond donors (Lipinski definition) is 1. The lowest BCUT2D eigenvalue weighted by Gasteiger charge is -2.32. The fraction of sp³-hybridized carbons (Fsp3) is 0.474. The van der Waals surface area contributed by atoms with Crippen LogP contribution < -0.4 is 5.56 Å². The fourth-order valence-corrected chi connectivity index (χ4v) is 3.23. The predicted molar refractivity (Wildman–Crippen MR) is 96.2 cm³/mol. The smallest absolute Gasteiger partial charge is 0.271 e. The maximum absolute atomic E-state index is 12.8. The van der Waals surface area contributed by atoms with Gasteiger partial charge in [0.25, 0.3) is 11.5 Å². The number of aromatic nitrogens is 2. The second-order valence-corrected chi connectivity index (χ2v) is 6.60. The largest absolute Gasteiger partial charge is 0.381 e. The van der Waals surface area contributed by atoms with Crippen molar-refractivity contribution in [1.82, 2.24) is 14.7 Å². The molecule has 6 heteroatoms. The van der Waals surface area contributed by atoms with E-state index in [1.807, 2.05) is 43.0 Å². The molecule has 0 bridgehead atoms. The van der Waals surface area contributed by atoms with E-state index < -0.39 is 0 Å². The van der Waals surface area contributed by atoms with Gasteiger partial charge in [-0.3, -0.25) is 14.7 Å². The number of piperidine rings is 1. The van der Waals surface area contributed by atoms with Crippen molar-refractivity contribution in [1.29, 1.82) is 0 Å². The van der Waals surface area contributed by atoms with E-state index in [2.05, 4.69) is 5.10 Å². The van der Waals surface area contributed by atoms with E-state index >= 15 is 0 Å². The molecule has 1 N–H and O–H groups in total. The summed E-state index contributed by atoms with van der Waals surface area (Å²) in [6.07, 6.45) is 2.04. The molecule has 1 fully saturated rings. The standard InChI is InChI=1S/C19H25N3O3/c1-3-25-13-15-5-4-10-21(12-15)19(24)17-11-18(23)22(20-17)16-8-6-14(2)7-9-16/h6-9,11,15,20H,3-5,10,12-13H2,1-2H3. The molecule has 134 valence electrons. The molecule has 1 saturated heterocycles. The van der Waals surface area contributed by atoms with Crippen LogP contribution >= 0.6 is 0 Å². The Hall–Kier alpha value is -2.34. The topological polar surface area (TPSA) is 67.3 Å². The monoisotopic (exact) mass is 343 g/mol. The molecular weight excluding hydrogens is 318 g/mol. The van der Waals surface area contributed by atoms with Crippen molar-refractivity contribution in [3.63, 3.8) is 0 Å². The quantitative estimate of drug-likeness (QED) is 0.906. The lowest BCUT2D eigenvalue weighted by atomic mass is 9.99. The predicted octanol–water partition coefficient (Wildman–Crippen LogP) is 2.36. The third-order valence-corrected chi connectivity index (χ3v) is 4.61. The number of aromatic amines is 1. The molecule has 2 heterocycles. The fourth-order valence-electron chi connectivity index (χ4n) is 3.23. The lowest BCUT2D eigenvalue weighted by molar-refractivity contribution is 0.0496. The highest BCUT2D eigenvalue weighted by Gasteiger charge is 2.26. The highest BCUT2D eigenvalue weighted by atomic mass is 16.5. The molecule has 0 spiro atoms. The zero-order valence-corrected chi connectivity index (χ0v) is 14.8. The molecule has 1 aromatic carbocycles. The molecule has 0 radical (unpaired) electrons. The number of carbonyl (C=O) groups is 1. The maximum atomic E-state index is 12.8. The first kappa shape index (κ1) is 17.5. The van der Waals surface area contributed by atoms with E-state index in [9.17, 15) is 9.59 Å². The summed E-state index contributed by atoms with van der Waals surface area (Å²) in [5.41, 5.74) is 1.95. The van der Waals surface area contributed by atoms with Gasteiger partial charge in [-0.1, -0.05) is 17.7 Å². The Labute approximate surface area is 147 Å². The van der Waals surface area contributed by atoms with Crippen molar-refractivity contribution in [2.75, 3.05) is 26.3 Å². The molecule has 0 saturated carbocycles. The Morgan fingerprint density at radius 2 is 2.08 bits per heavy atom. The lowest BCUT2D eigenvalue weighted by Crippen LogP contribution is -2.41. The average molecular weight is 343 g/mol. The van der Waals surface area contributed by atoms with Crippen molar-refractivity contribution in [2.24, 2.45) is 5.92 Å². The number of H-pyrrole nitrogens is 1. The highest BCUT2D eigenvalue weighted by Crippen LogP contribution is 2.18. The third-order valence-electron chi connectivity index (χ3n) is 4.61. The van der Waals surface area contributed by atoms with Crippen molar-refractivity contribution in [3.8, 4) is 5.69 Å². The van der Waals surface area contributed by atoms with E-state index in [1.165, 1.54) is 10.7 Å². The minimum Gasteiger partial charge on any atom is -0.381 e. The van der Waals surface area contributed by atoms with Crippen LogP contribution in [0.25, 0.3) is 5.69 Å². The van der Waals surface area contributed by atoms with Crippen LogP contribution in [-0.2, 0) is 4.74 Å². The third kappa shape index (κ3) is 4.02. The van der Waals surface area contributed by atoms with Gasteiger partial charge in [-0.05, 0) is 44.7 Å². The zero-order valence-electron chi connectivity index (χ0n) is 14.8. The molecule has 0 aliphatic carbocycles. The summed E-state index contributed by atoms with van der Waals surface area (Å²) in [6, 6.07) is 8.98. The number of amides is 1. The van der Waals surface area contributed by atoms with Crippen LogP contribution in [0, 0.1) is 12.8 Å². The summed E-state index contributed by atoms with van der Waals surface area (Å²) < 4.78 is 6.91. The molecule has 1 unspecified atom stereocenters. The van der Waals surface area contributed by atoms with E-state index in [0.717, 1.165) is 30.6 Å². The number of carbonyl (C=O) groups excluding carboxylic acids is 1. The van der Waals surface area contributed by atoms with E-state index in [1.54, 1.807) is 0 Å². The van der Waals surface area contributed by atoms with Crippen molar-refractivity contribution in [3.05, 3.63) is 51.9 Å². The minimum absolute atomic E-state index is 0.121. The average Bonchev–Trinajstić information content (AvgIpc) is 3.02. The highest BCUT2D eigenvalue weighted by molar-refractivity contribution is 5.92. The molecule has 1 aromatic heterocycles. The van der Waals surface area contributed by atoms with Gasteiger partial charge >= 0.3 is 0 Å². The van der Waals surface area contributed by atoms with Crippen LogP contribution in [0.5, 0.6) is 0 Å². The Kier molecular flexibility index (Phi) is 5.38. The Morgan fingerprint density at radius 1 is 1.32 bits per heavy atom. The van der Waals surface area contributed by atoms with Crippen LogP contribution in [0.2, 0.25) is 0 Å². The maximum Gasteiger partial charge on any atom is 0.271 e. The first-order valence-electron chi connectivity index (χ1n) is 8.84. The summed E-state index contributed by atoms with van der Waals surface area (Å²) in [5.74, 6) is 0.243. The molecule has 1 aliphatic rings. The molecule has 2 aromatic rings. The van der Waals surface area contributed by atoms with Gasteiger partial charge in [-0.25, -0.2) is 4.68 Å². The van der Waals surface area contributed by atoms with Gasteiger partial charge in [-0.2, -0.15) is 0 Å². The van der Waals surface area contributed by atoms with Gasteiger partial charge in [-0.15, -0.1) is 0 Å². The molecule has 1 aliphatic heterocycles. The van der Waals surface area contributed by atoms with E-state index in [4.69, 9.17) is 4.74 Å². The van der Waals surface area contributed by atoms with Crippen LogP contribution in [0.1, 0.15) is 35.8 Å². The summed E-state index contributed by atoms with van der Waals surface area (Å²) in [4.78, 5) is 26.8. The van der Waals surface area contributed by atoms with Gasteiger partial charge in [0.05, 0.1) is 12.3 Å². The molecule has 3 rings (SSSR count). The normalized spacial score (nSPS) is 17.7. The molecule has 25 heavy (non-hydrogen) atoms. The zero-order chi connectivity index (χ0) is 17.8. The van der Waals surface area contributed by atoms with Crippen LogP contribution in [0.4, 0.5) is 0 Å². The molecular formula is C19H25N3O3. The van der Waals surface area contributed by atoms with E-state index in [0.29, 0.717) is 31.4 Å². The van der Waals surface area contributed by atoms with Crippen molar-refractivity contribution < 1.29 is 9.53 Å². The van der Waals surface area contributed by atoms with Gasteiger partial charge < -0.3 is 9.64 Å². The minimum atomic E-state index is -0.227. The van der Waals surface area contributed by atoms with Gasteiger partial charge in [0, 0.05) is 25.8 Å². The Balaban J connectivity index is 1.75. The molecule has 1 amide bonds. The van der Waals surface area contributed by atoms with Crippen LogP contribution in [-0.4, -0.2) is 46.9 Å². The number of benzene rings is 1. The SMILES string of the molecule is CCOCC1CCCN(C(=O)c2cc(=O)n(-c3ccc(C)cc3)[nH]2)C1. The summed E-state index contributed by atoms with van der Waals surface area (Å²) in [6.45, 7) is 6.74. The van der Waals surface area contributed by atoms with Gasteiger partial charge in [0.1, 0.15) is 5.69 Å². The number of nitrogens with one attached hydrogen (secondary N) is 1. The second-order valence-electron chi connectivity index (χ2n) is 6.60. The number of hydrogen-bond acceptors (Lipinski definition) is 3. The van der Waals surface area contributed by atoms with Crippen molar-refractivity contribution in [2.45, 2.75) is 26.7 Å². The van der Waals surface area contributed by atoms with Crippen LogP contribution in [0.15, 0.2) is 35.1 Å². The molecule has 1 atom stereocenters. The number of likely N-dealkylation sites (tertiary alicyclic amines) is 1. The van der Waals surface area contributed by atoms with Gasteiger partial charge in [0.15, 0.2) is 0 Å². The Morgan fingerprint density at radius 3 is 2.80 bits per heavy atom. The first-order chi connectivity index (χ1) is 12.1. The number of nitrogens with zero attached hydrogens (tertiary/aromatic N) is 2. The van der Waals surface area contributed by atoms with Crippen LogP contribution in [0.3, 0.4) is 0 Å². The number of ether oxygens (including phenoxy) is 1. The Bertz CT molecular complexity index is 776. The van der Waals surface area contributed by atoms with Crippen molar-refractivity contribution >= 4 is 5.91 Å².